The third kappa shape index (κ3) is 8.80. The third-order valence-corrected chi connectivity index (χ3v) is 5.66. The summed E-state index contributed by atoms with van der Waals surface area (Å²) in [7, 11) is 0. The number of hydrogen-bond acceptors (Lipinski definition) is 6. The summed E-state index contributed by atoms with van der Waals surface area (Å²) in [6.07, 6.45) is 2.37. The quantitative estimate of drug-likeness (QED) is 0.198. The number of hydrazone groups is 1. The molecular weight excluding hydrogens is 562 g/mol. The largest absolute Gasteiger partial charge is 0.490 e. The number of halogens is 2. The molecule has 0 saturated heterocycles. The van der Waals surface area contributed by atoms with E-state index in [1.165, 1.54) is 6.21 Å². The molecular formula is C27H27BrClN3O5. The van der Waals surface area contributed by atoms with Crippen molar-refractivity contribution < 1.29 is 23.8 Å². The highest BCUT2D eigenvalue weighted by Crippen LogP contribution is 2.29. The molecule has 8 nitrogen and oxygen atoms in total. The van der Waals surface area contributed by atoms with Gasteiger partial charge in [-0.3, -0.25) is 9.59 Å². The summed E-state index contributed by atoms with van der Waals surface area (Å²) in [4.78, 5) is 24.7. The van der Waals surface area contributed by atoms with Gasteiger partial charge in [0.1, 0.15) is 5.75 Å². The van der Waals surface area contributed by atoms with Crippen molar-refractivity contribution in [2.24, 2.45) is 5.10 Å². The minimum Gasteiger partial charge on any atom is -0.490 e. The van der Waals surface area contributed by atoms with E-state index in [-0.39, 0.29) is 18.4 Å². The van der Waals surface area contributed by atoms with Crippen LogP contribution in [0, 0.1) is 0 Å². The molecule has 0 spiro atoms. The van der Waals surface area contributed by atoms with Crippen LogP contribution in [0.1, 0.15) is 36.2 Å². The summed E-state index contributed by atoms with van der Waals surface area (Å²) >= 11 is 9.28. The van der Waals surface area contributed by atoms with Crippen LogP contribution in [0.25, 0.3) is 0 Å². The summed E-state index contributed by atoms with van der Waals surface area (Å²) in [6.45, 7) is 4.73. The van der Waals surface area contributed by atoms with Gasteiger partial charge in [-0.25, -0.2) is 5.43 Å². The van der Waals surface area contributed by atoms with E-state index in [2.05, 4.69) is 31.8 Å². The molecule has 3 aromatic carbocycles. The van der Waals surface area contributed by atoms with Crippen molar-refractivity contribution >= 4 is 51.2 Å². The van der Waals surface area contributed by atoms with Crippen molar-refractivity contribution in [3.63, 3.8) is 0 Å². The lowest BCUT2D eigenvalue weighted by molar-refractivity contribution is -0.118. The average Bonchev–Trinajstić information content (AvgIpc) is 2.89. The zero-order valence-electron chi connectivity index (χ0n) is 20.4. The monoisotopic (exact) mass is 587 g/mol. The number of benzene rings is 3. The van der Waals surface area contributed by atoms with E-state index in [1.807, 2.05) is 13.8 Å². The molecule has 194 valence electrons. The Kier molecular flexibility index (Phi) is 10.8. The van der Waals surface area contributed by atoms with Crippen molar-refractivity contribution in [3.05, 3.63) is 81.3 Å². The summed E-state index contributed by atoms with van der Waals surface area (Å²) in [5.74, 6) is 0.901. The molecule has 0 bridgehead atoms. The van der Waals surface area contributed by atoms with Gasteiger partial charge in [-0.15, -0.1) is 0 Å². The van der Waals surface area contributed by atoms with Crippen molar-refractivity contribution in [1.29, 1.82) is 0 Å². The lowest BCUT2D eigenvalue weighted by Gasteiger charge is -2.12. The Hall–Kier alpha value is -3.56. The van der Waals surface area contributed by atoms with E-state index < -0.39 is 0 Å². The maximum absolute atomic E-state index is 12.5. The molecule has 0 fully saturated rings. The van der Waals surface area contributed by atoms with Crippen molar-refractivity contribution in [2.45, 2.75) is 20.3 Å². The summed E-state index contributed by atoms with van der Waals surface area (Å²) < 4.78 is 17.5. The SMILES string of the molecule is CCCOc1ccc(C(=O)N/N=C/c2ccc(OCC(=O)Nc3ccc(Cl)cc3)c(Br)c2)cc1OCC. The topological polar surface area (TPSA) is 98.3 Å². The zero-order valence-corrected chi connectivity index (χ0v) is 22.8. The van der Waals surface area contributed by atoms with Crippen molar-refractivity contribution in [1.82, 2.24) is 5.43 Å². The van der Waals surface area contributed by atoms with E-state index in [4.69, 9.17) is 25.8 Å². The van der Waals surface area contributed by atoms with Gasteiger partial charge in [-0.2, -0.15) is 5.10 Å². The lowest BCUT2D eigenvalue weighted by atomic mass is 10.2. The van der Waals surface area contributed by atoms with Gasteiger partial charge in [0.25, 0.3) is 11.8 Å². The minimum absolute atomic E-state index is 0.170. The third-order valence-electron chi connectivity index (χ3n) is 4.79. The standard InChI is InChI=1S/C27H27BrClN3O5/c1-3-13-36-24-12-6-19(15-25(24)35-4-2)27(34)32-30-16-18-5-11-23(22(28)14-18)37-17-26(33)31-21-9-7-20(29)8-10-21/h5-12,14-16H,3-4,13,17H2,1-2H3,(H,31,33)(H,32,34)/b30-16+. The highest BCUT2D eigenvalue weighted by molar-refractivity contribution is 9.10. The lowest BCUT2D eigenvalue weighted by Crippen LogP contribution is -2.20. The number of hydrogen-bond donors (Lipinski definition) is 2. The number of rotatable bonds is 12. The molecule has 2 amide bonds. The number of nitrogens with one attached hydrogen (secondary N) is 2. The van der Waals surface area contributed by atoms with Gasteiger partial charge < -0.3 is 19.5 Å². The number of amides is 2. The summed E-state index contributed by atoms with van der Waals surface area (Å²) in [5, 5.41) is 7.35. The fraction of sp³-hybridized carbons (Fsp3) is 0.222. The van der Waals surface area contributed by atoms with Crippen LogP contribution in [0.15, 0.2) is 70.2 Å². The predicted octanol–water partition coefficient (Wildman–Crippen LogP) is 6.07. The van der Waals surface area contributed by atoms with Gasteiger partial charge in [-0.05, 0) is 95.5 Å². The van der Waals surface area contributed by atoms with Gasteiger partial charge in [0.15, 0.2) is 18.1 Å². The fourth-order valence-electron chi connectivity index (χ4n) is 3.07. The van der Waals surface area contributed by atoms with Gasteiger partial charge in [-0.1, -0.05) is 18.5 Å². The van der Waals surface area contributed by atoms with Crippen molar-refractivity contribution in [2.75, 3.05) is 25.1 Å². The molecule has 2 N–H and O–H groups in total. The van der Waals surface area contributed by atoms with E-state index in [0.29, 0.717) is 56.8 Å². The Labute approximate surface area is 229 Å². The van der Waals surface area contributed by atoms with E-state index >= 15 is 0 Å². The molecule has 0 aliphatic carbocycles. The number of ether oxygens (including phenoxy) is 3. The normalized spacial score (nSPS) is 10.7. The van der Waals surface area contributed by atoms with Gasteiger partial charge in [0.2, 0.25) is 0 Å². The molecule has 0 unspecified atom stereocenters. The van der Waals surface area contributed by atoms with E-state index in [0.717, 1.165) is 6.42 Å². The maximum atomic E-state index is 12.5. The Morgan fingerprint density at radius 1 is 0.946 bits per heavy atom. The molecule has 37 heavy (non-hydrogen) atoms. The molecule has 3 aromatic rings. The van der Waals surface area contributed by atoms with Crippen LogP contribution in [-0.4, -0.2) is 37.8 Å². The Bertz CT molecular complexity index is 1250. The molecule has 0 saturated carbocycles. The number of nitrogens with zero attached hydrogens (tertiary/aromatic N) is 1. The summed E-state index contributed by atoms with van der Waals surface area (Å²) in [6, 6.07) is 17.0. The maximum Gasteiger partial charge on any atom is 0.271 e. The molecule has 0 radical (unpaired) electrons. The van der Waals surface area contributed by atoms with Gasteiger partial charge in [0.05, 0.1) is 23.9 Å². The molecule has 0 atom stereocenters. The van der Waals surface area contributed by atoms with E-state index in [1.54, 1.807) is 60.7 Å². The van der Waals surface area contributed by atoms with Crippen molar-refractivity contribution in [3.8, 4) is 17.2 Å². The van der Waals surface area contributed by atoms with Crippen LogP contribution in [0.2, 0.25) is 5.02 Å². The minimum atomic E-state index is -0.384. The summed E-state index contributed by atoms with van der Waals surface area (Å²) in [5.41, 5.74) is 4.24. The molecule has 0 aliphatic rings. The first-order valence-electron chi connectivity index (χ1n) is 11.6. The Balaban J connectivity index is 1.54. The Morgan fingerprint density at radius 2 is 1.70 bits per heavy atom. The van der Waals surface area contributed by atoms with Crippen LogP contribution in [0.4, 0.5) is 5.69 Å². The van der Waals surface area contributed by atoms with Crippen LogP contribution < -0.4 is 25.0 Å². The smallest absolute Gasteiger partial charge is 0.271 e. The Morgan fingerprint density at radius 3 is 2.41 bits per heavy atom. The second kappa shape index (κ2) is 14.2. The number of carbonyl (C=O) groups excluding carboxylic acids is 2. The number of anilines is 1. The first kappa shape index (κ1) is 28.0. The van der Waals surface area contributed by atoms with Crippen LogP contribution in [0.3, 0.4) is 0 Å². The fourth-order valence-corrected chi connectivity index (χ4v) is 3.70. The predicted molar refractivity (Wildman–Crippen MR) is 148 cm³/mol. The zero-order chi connectivity index (χ0) is 26.6. The van der Waals surface area contributed by atoms with Gasteiger partial charge >= 0.3 is 0 Å². The van der Waals surface area contributed by atoms with Crippen LogP contribution >= 0.6 is 27.5 Å². The second-order valence-corrected chi connectivity index (χ2v) is 8.97. The van der Waals surface area contributed by atoms with Crippen LogP contribution in [0.5, 0.6) is 17.2 Å². The van der Waals surface area contributed by atoms with Gasteiger partial charge in [0, 0.05) is 16.3 Å². The molecule has 0 aliphatic heterocycles. The number of carbonyl (C=O) groups is 2. The molecule has 0 aromatic heterocycles. The highest BCUT2D eigenvalue weighted by atomic mass is 79.9. The highest BCUT2D eigenvalue weighted by Gasteiger charge is 2.12. The first-order valence-corrected chi connectivity index (χ1v) is 12.8. The van der Waals surface area contributed by atoms with Crippen LogP contribution in [-0.2, 0) is 4.79 Å². The first-order chi connectivity index (χ1) is 17.9. The van der Waals surface area contributed by atoms with E-state index in [9.17, 15) is 9.59 Å². The molecule has 10 heteroatoms. The molecule has 3 rings (SSSR count). The second-order valence-electron chi connectivity index (χ2n) is 7.68. The molecule has 0 heterocycles. The average molecular weight is 589 g/mol.